The molecule has 0 aliphatic heterocycles. The van der Waals surface area contributed by atoms with Crippen molar-refractivity contribution in [2.24, 2.45) is 11.8 Å². The van der Waals surface area contributed by atoms with Gasteiger partial charge in [0.15, 0.2) is 0 Å². The Bertz CT molecular complexity index is 1130. The molecule has 5 nitrogen and oxygen atoms in total. The van der Waals surface area contributed by atoms with Gasteiger partial charge >= 0.3 is 5.97 Å². The third-order valence-corrected chi connectivity index (χ3v) is 9.65. The number of hydrogen-bond donors (Lipinski definition) is 1. The number of halogens is 1. The number of anilines is 1. The lowest BCUT2D eigenvalue weighted by Crippen LogP contribution is -2.43. The van der Waals surface area contributed by atoms with E-state index in [1.807, 2.05) is 6.92 Å². The molecule has 1 aromatic heterocycles. The van der Waals surface area contributed by atoms with Crippen LogP contribution in [0.2, 0.25) is 0 Å². The maximum absolute atomic E-state index is 13.1. The summed E-state index contributed by atoms with van der Waals surface area (Å²) in [5.41, 5.74) is 4.52. The van der Waals surface area contributed by atoms with Gasteiger partial charge in [-0.3, -0.25) is 4.79 Å². The highest BCUT2D eigenvalue weighted by molar-refractivity contribution is 7.17. The van der Waals surface area contributed by atoms with Crippen molar-refractivity contribution in [2.45, 2.75) is 63.7 Å². The van der Waals surface area contributed by atoms with Gasteiger partial charge in [0, 0.05) is 17.2 Å². The number of carbonyl (C=O) groups excluding carboxylic acids is 2. The number of thiophene rings is 1. The summed E-state index contributed by atoms with van der Waals surface area (Å²) in [5, 5.41) is 3.58. The molecule has 34 heavy (non-hydrogen) atoms. The summed E-state index contributed by atoms with van der Waals surface area (Å²) in [4.78, 5) is 26.7. The number of aryl methyl sites for hydroxylation is 1. The zero-order valence-corrected chi connectivity index (χ0v) is 21.6. The van der Waals surface area contributed by atoms with Crippen LogP contribution in [-0.2, 0) is 27.8 Å². The van der Waals surface area contributed by atoms with E-state index in [4.69, 9.17) is 21.1 Å². The maximum Gasteiger partial charge on any atom is 0.341 e. The molecule has 0 saturated heterocycles. The number of ether oxygens (including phenoxy) is 2. The van der Waals surface area contributed by atoms with Crippen LogP contribution in [0, 0.1) is 11.8 Å². The summed E-state index contributed by atoms with van der Waals surface area (Å²) < 4.78 is 10.9. The monoisotopic (exact) mass is 501 g/mol. The standard InChI is InChI=1S/C27H32ClNO4S/c1-4-33-26(31)23-24-21(34-25(23)29-22(30)10-12-28)14-20-19-7-5-15-13-16(32-3)6-8-17(15)18(19)9-11-27(20,24)2/h6,8,13,18-20H,4-5,7,9-12,14H2,1-3H3,(H,29,30)/t18-,19-,20+,27-/m1/s1. The van der Waals surface area contributed by atoms with Crippen LogP contribution in [0.4, 0.5) is 5.00 Å². The van der Waals surface area contributed by atoms with Crippen molar-refractivity contribution in [2.75, 3.05) is 24.9 Å². The fourth-order valence-electron chi connectivity index (χ4n) is 6.88. The minimum Gasteiger partial charge on any atom is -0.497 e. The second-order valence-corrected chi connectivity index (χ2v) is 11.4. The summed E-state index contributed by atoms with van der Waals surface area (Å²) in [5.74, 6) is 2.32. The van der Waals surface area contributed by atoms with Gasteiger partial charge in [0.05, 0.1) is 19.3 Å². The van der Waals surface area contributed by atoms with Gasteiger partial charge in [-0.2, -0.15) is 0 Å². The van der Waals surface area contributed by atoms with Gasteiger partial charge in [0.2, 0.25) is 5.91 Å². The topological polar surface area (TPSA) is 64.6 Å². The molecule has 1 fully saturated rings. The number of methoxy groups -OCH3 is 1. The quantitative estimate of drug-likeness (QED) is 0.385. The smallest absolute Gasteiger partial charge is 0.341 e. The van der Waals surface area contributed by atoms with Crippen LogP contribution in [-0.4, -0.2) is 31.5 Å². The molecule has 1 heterocycles. The average molecular weight is 502 g/mol. The van der Waals surface area contributed by atoms with E-state index in [1.165, 1.54) is 16.0 Å². The number of nitrogens with one attached hydrogen (secondary N) is 1. The first-order chi connectivity index (χ1) is 16.4. The van der Waals surface area contributed by atoms with Crippen molar-refractivity contribution >= 4 is 39.8 Å². The highest BCUT2D eigenvalue weighted by atomic mass is 35.5. The summed E-state index contributed by atoms with van der Waals surface area (Å²) in [6.45, 7) is 4.47. The fraction of sp³-hybridized carbons (Fsp3) is 0.556. The SMILES string of the molecule is CCOC(=O)c1c(NC(=O)CCCl)sc2c1[C@]1(C)CC[C@@H]3c4ccc(OC)cc4CC[C@H]3[C@@H]1C2. The summed E-state index contributed by atoms with van der Waals surface area (Å²) in [6.07, 6.45) is 5.53. The Balaban J connectivity index is 1.50. The Morgan fingerprint density at radius 3 is 2.85 bits per heavy atom. The first-order valence-corrected chi connectivity index (χ1v) is 13.6. The molecule has 182 valence electrons. The van der Waals surface area contributed by atoms with Crippen LogP contribution >= 0.6 is 22.9 Å². The lowest BCUT2D eigenvalue weighted by Gasteiger charge is -2.49. The summed E-state index contributed by atoms with van der Waals surface area (Å²) in [7, 11) is 1.73. The molecule has 1 saturated carbocycles. The highest BCUT2D eigenvalue weighted by Gasteiger charge is 2.55. The van der Waals surface area contributed by atoms with Crippen molar-refractivity contribution in [3.8, 4) is 5.75 Å². The lowest BCUT2D eigenvalue weighted by atomic mass is 9.54. The first-order valence-electron chi connectivity index (χ1n) is 12.3. The molecule has 5 rings (SSSR count). The molecule has 4 atom stereocenters. The van der Waals surface area contributed by atoms with Gasteiger partial charge in [-0.05, 0) is 91.0 Å². The number of fused-ring (bicyclic) bond motifs is 7. The van der Waals surface area contributed by atoms with Crippen LogP contribution in [0.25, 0.3) is 0 Å². The molecule has 3 aliphatic rings. The van der Waals surface area contributed by atoms with Crippen molar-refractivity contribution in [1.29, 1.82) is 0 Å². The van der Waals surface area contributed by atoms with Gasteiger partial charge in [-0.1, -0.05) is 13.0 Å². The Kier molecular flexibility index (Phi) is 6.40. The Labute approximate surface area is 210 Å². The molecule has 1 N–H and O–H groups in total. The maximum atomic E-state index is 13.1. The van der Waals surface area contributed by atoms with E-state index >= 15 is 0 Å². The minimum atomic E-state index is -0.328. The average Bonchev–Trinajstić information content (AvgIpc) is 3.32. The lowest BCUT2D eigenvalue weighted by molar-refractivity contribution is -0.115. The number of alkyl halides is 1. The molecule has 0 radical (unpaired) electrons. The van der Waals surface area contributed by atoms with Gasteiger partial charge in [0.1, 0.15) is 10.8 Å². The second kappa shape index (κ2) is 9.19. The van der Waals surface area contributed by atoms with E-state index in [0.717, 1.165) is 43.4 Å². The predicted molar refractivity (Wildman–Crippen MR) is 136 cm³/mol. The number of esters is 1. The fourth-order valence-corrected chi connectivity index (χ4v) is 8.45. The summed E-state index contributed by atoms with van der Waals surface area (Å²) >= 11 is 7.32. The predicted octanol–water partition coefficient (Wildman–Crippen LogP) is 6.07. The van der Waals surface area contributed by atoms with Crippen LogP contribution < -0.4 is 10.1 Å². The minimum absolute atomic E-state index is 0.0888. The molecular formula is C27H32ClNO4S. The van der Waals surface area contributed by atoms with Crippen molar-refractivity contribution in [1.82, 2.24) is 0 Å². The zero-order valence-electron chi connectivity index (χ0n) is 20.0. The zero-order chi connectivity index (χ0) is 24.0. The molecule has 1 aromatic carbocycles. The van der Waals surface area contributed by atoms with Crippen LogP contribution in [0.1, 0.15) is 77.4 Å². The van der Waals surface area contributed by atoms with Gasteiger partial charge in [-0.15, -0.1) is 22.9 Å². The normalized spacial score (nSPS) is 26.6. The number of benzene rings is 1. The number of rotatable bonds is 6. The molecular weight excluding hydrogens is 470 g/mol. The highest BCUT2D eigenvalue weighted by Crippen LogP contribution is 2.63. The van der Waals surface area contributed by atoms with Crippen molar-refractivity contribution in [3.63, 3.8) is 0 Å². The number of carbonyl (C=O) groups is 2. The second-order valence-electron chi connectivity index (χ2n) is 9.95. The number of hydrogen-bond acceptors (Lipinski definition) is 5. The van der Waals surface area contributed by atoms with E-state index in [-0.39, 0.29) is 29.6 Å². The van der Waals surface area contributed by atoms with Crippen molar-refractivity contribution < 1.29 is 19.1 Å². The van der Waals surface area contributed by atoms with Crippen LogP contribution in [0.15, 0.2) is 18.2 Å². The third kappa shape index (κ3) is 3.74. The van der Waals surface area contributed by atoms with E-state index in [9.17, 15) is 9.59 Å². The largest absolute Gasteiger partial charge is 0.497 e. The number of amides is 1. The third-order valence-electron chi connectivity index (χ3n) is 8.33. The van der Waals surface area contributed by atoms with E-state index in [2.05, 4.69) is 30.4 Å². The van der Waals surface area contributed by atoms with E-state index < -0.39 is 0 Å². The summed E-state index contributed by atoms with van der Waals surface area (Å²) in [6, 6.07) is 6.57. The molecule has 3 aliphatic carbocycles. The molecule has 2 aromatic rings. The van der Waals surface area contributed by atoms with Crippen LogP contribution in [0.3, 0.4) is 0 Å². The van der Waals surface area contributed by atoms with E-state index in [0.29, 0.717) is 34.9 Å². The molecule has 0 bridgehead atoms. The van der Waals surface area contributed by atoms with Crippen molar-refractivity contribution in [3.05, 3.63) is 45.3 Å². The van der Waals surface area contributed by atoms with E-state index in [1.54, 1.807) is 18.4 Å². The van der Waals surface area contributed by atoms with Gasteiger partial charge in [-0.25, -0.2) is 4.79 Å². The van der Waals surface area contributed by atoms with Gasteiger partial charge < -0.3 is 14.8 Å². The van der Waals surface area contributed by atoms with Crippen LogP contribution in [0.5, 0.6) is 5.75 Å². The van der Waals surface area contributed by atoms with Gasteiger partial charge in [0.25, 0.3) is 0 Å². The molecule has 7 heteroatoms. The Hall–Kier alpha value is -2.05. The Morgan fingerprint density at radius 2 is 2.12 bits per heavy atom. The molecule has 0 unspecified atom stereocenters. The molecule has 1 amide bonds. The first kappa shape index (κ1) is 23.7. The molecule has 0 spiro atoms. The Morgan fingerprint density at radius 1 is 1.29 bits per heavy atom.